The van der Waals surface area contributed by atoms with Gasteiger partial charge in [0.15, 0.2) is 0 Å². The standard InChI is InChI=1S/C15H26BO3.CH5N/c1-9(2)10-6-11-8-14(15(17)18)12(13(11)7-10)4-3-5-16-19;1-2/h9-14,19H,3-8H2,1-2H3,(H,17,18);2H2,1H3. The topological polar surface area (TPSA) is 83.5 Å². The number of carbonyl (C=O) groups is 1. The van der Waals surface area contributed by atoms with Crippen LogP contribution >= 0.6 is 0 Å². The molecule has 0 aromatic heterocycles. The van der Waals surface area contributed by atoms with Crippen molar-refractivity contribution < 1.29 is 14.9 Å². The second-order valence-electron chi connectivity index (χ2n) is 6.86. The Morgan fingerprint density at radius 3 is 2.48 bits per heavy atom. The van der Waals surface area contributed by atoms with E-state index in [9.17, 15) is 9.90 Å². The van der Waals surface area contributed by atoms with Gasteiger partial charge in [0.1, 0.15) is 0 Å². The summed E-state index contributed by atoms with van der Waals surface area (Å²) in [6, 6.07) is 0. The predicted molar refractivity (Wildman–Crippen MR) is 85.9 cm³/mol. The lowest BCUT2D eigenvalue weighted by Crippen LogP contribution is -2.23. The summed E-state index contributed by atoms with van der Waals surface area (Å²) in [5.41, 5.74) is 4.50. The molecule has 5 heteroatoms. The number of aliphatic carboxylic acids is 1. The summed E-state index contributed by atoms with van der Waals surface area (Å²) in [6.07, 6.45) is 5.90. The van der Waals surface area contributed by atoms with Gasteiger partial charge >= 0.3 is 5.97 Å². The average Bonchev–Trinajstić information content (AvgIpc) is 3.00. The molecule has 121 valence electrons. The molecule has 2 aliphatic carbocycles. The van der Waals surface area contributed by atoms with Crippen LogP contribution in [0.15, 0.2) is 0 Å². The molecule has 0 aromatic rings. The van der Waals surface area contributed by atoms with E-state index in [-0.39, 0.29) is 5.92 Å². The van der Waals surface area contributed by atoms with Crippen molar-refractivity contribution in [2.75, 3.05) is 7.05 Å². The Balaban J connectivity index is 0.00000106. The van der Waals surface area contributed by atoms with Crippen LogP contribution in [-0.4, -0.2) is 30.6 Å². The predicted octanol–water partition coefficient (Wildman–Crippen LogP) is 2.39. The Hall–Kier alpha value is -0.545. The minimum atomic E-state index is -0.603. The van der Waals surface area contributed by atoms with Gasteiger partial charge in [-0.3, -0.25) is 4.79 Å². The smallest absolute Gasteiger partial charge is 0.306 e. The van der Waals surface area contributed by atoms with Gasteiger partial charge in [-0.15, -0.1) is 0 Å². The molecule has 21 heavy (non-hydrogen) atoms. The summed E-state index contributed by atoms with van der Waals surface area (Å²) in [4.78, 5) is 11.4. The lowest BCUT2D eigenvalue weighted by Gasteiger charge is -2.23. The number of nitrogens with two attached hydrogens (primary N) is 1. The first-order valence-corrected chi connectivity index (χ1v) is 8.31. The highest BCUT2D eigenvalue weighted by molar-refractivity contribution is 6.25. The molecule has 0 amide bonds. The van der Waals surface area contributed by atoms with Gasteiger partial charge in [0, 0.05) is 0 Å². The maximum atomic E-state index is 11.4. The molecule has 4 nitrogen and oxygen atoms in total. The quantitative estimate of drug-likeness (QED) is 0.519. The van der Waals surface area contributed by atoms with Crippen LogP contribution in [0.2, 0.25) is 6.32 Å². The van der Waals surface area contributed by atoms with E-state index < -0.39 is 5.97 Å². The maximum absolute atomic E-state index is 11.4. The molecule has 5 atom stereocenters. The zero-order valence-electron chi connectivity index (χ0n) is 13.7. The molecule has 0 bridgehead atoms. The molecule has 5 unspecified atom stereocenters. The molecule has 0 aliphatic heterocycles. The Bertz CT molecular complexity index is 325. The molecular weight excluding hydrogens is 265 g/mol. The van der Waals surface area contributed by atoms with Crippen LogP contribution in [0.5, 0.6) is 0 Å². The van der Waals surface area contributed by atoms with E-state index in [2.05, 4.69) is 19.6 Å². The fourth-order valence-electron chi connectivity index (χ4n) is 4.49. The van der Waals surface area contributed by atoms with Crippen LogP contribution < -0.4 is 5.73 Å². The van der Waals surface area contributed by atoms with Crippen molar-refractivity contribution in [3.05, 3.63) is 0 Å². The Labute approximate surface area is 129 Å². The molecule has 1 radical (unpaired) electrons. The number of carboxylic acid groups (broad SMARTS) is 1. The summed E-state index contributed by atoms with van der Waals surface area (Å²) in [6.45, 7) is 4.58. The first-order chi connectivity index (χ1) is 10.0. The molecule has 0 saturated heterocycles. The van der Waals surface area contributed by atoms with Crippen molar-refractivity contribution >= 4 is 13.5 Å². The molecule has 0 heterocycles. The van der Waals surface area contributed by atoms with Gasteiger partial charge in [-0.05, 0) is 62.3 Å². The largest absolute Gasteiger partial charge is 0.481 e. The molecule has 2 aliphatic rings. The third-order valence-corrected chi connectivity index (χ3v) is 5.54. The maximum Gasteiger partial charge on any atom is 0.306 e. The minimum Gasteiger partial charge on any atom is -0.481 e. The SMILES string of the molecule is CC(C)C1CC2CC(C(=O)O)C(CCC[B]O)C2C1.CN. The highest BCUT2D eigenvalue weighted by atomic mass is 16.4. The van der Waals surface area contributed by atoms with Crippen molar-refractivity contribution in [1.82, 2.24) is 0 Å². The van der Waals surface area contributed by atoms with Crippen molar-refractivity contribution in [2.24, 2.45) is 41.2 Å². The van der Waals surface area contributed by atoms with E-state index in [1.165, 1.54) is 27.4 Å². The number of hydrogen-bond acceptors (Lipinski definition) is 3. The van der Waals surface area contributed by atoms with Crippen molar-refractivity contribution in [1.29, 1.82) is 0 Å². The lowest BCUT2D eigenvalue weighted by atomic mass is 9.79. The Kier molecular flexibility index (Phi) is 7.75. The lowest BCUT2D eigenvalue weighted by molar-refractivity contribution is -0.143. The van der Waals surface area contributed by atoms with Gasteiger partial charge in [0.05, 0.1) is 5.92 Å². The first kappa shape index (κ1) is 18.5. The highest BCUT2D eigenvalue weighted by Crippen LogP contribution is 2.55. The summed E-state index contributed by atoms with van der Waals surface area (Å²) < 4.78 is 0. The first-order valence-electron chi connectivity index (χ1n) is 8.31. The van der Waals surface area contributed by atoms with Crippen molar-refractivity contribution in [3.8, 4) is 0 Å². The third-order valence-electron chi connectivity index (χ3n) is 5.54. The van der Waals surface area contributed by atoms with E-state index >= 15 is 0 Å². The number of hydrogen-bond donors (Lipinski definition) is 3. The summed E-state index contributed by atoms with van der Waals surface area (Å²) in [5.74, 6) is 2.36. The molecule has 2 rings (SSSR count). The molecular formula is C16H31BNO3. The number of carboxylic acids is 1. The fourth-order valence-corrected chi connectivity index (χ4v) is 4.49. The Morgan fingerprint density at radius 2 is 1.95 bits per heavy atom. The van der Waals surface area contributed by atoms with Gasteiger partial charge < -0.3 is 15.9 Å². The van der Waals surface area contributed by atoms with Gasteiger partial charge in [0.2, 0.25) is 0 Å². The zero-order valence-corrected chi connectivity index (χ0v) is 13.7. The van der Waals surface area contributed by atoms with Crippen molar-refractivity contribution in [3.63, 3.8) is 0 Å². The van der Waals surface area contributed by atoms with Gasteiger partial charge in [-0.1, -0.05) is 26.6 Å². The van der Waals surface area contributed by atoms with Crippen LogP contribution in [0, 0.1) is 35.5 Å². The monoisotopic (exact) mass is 296 g/mol. The molecule has 4 N–H and O–H groups in total. The minimum absolute atomic E-state index is 0.137. The van der Waals surface area contributed by atoms with Crippen molar-refractivity contribution in [2.45, 2.75) is 52.3 Å². The molecule has 2 fully saturated rings. The normalized spacial score (nSPS) is 34.3. The zero-order chi connectivity index (χ0) is 16.0. The molecule has 2 saturated carbocycles. The third kappa shape index (κ3) is 4.46. The van der Waals surface area contributed by atoms with Gasteiger partial charge in [-0.25, -0.2) is 0 Å². The van der Waals surface area contributed by atoms with Crippen LogP contribution in [0.4, 0.5) is 0 Å². The van der Waals surface area contributed by atoms with Crippen LogP contribution in [0.3, 0.4) is 0 Å². The molecule has 0 spiro atoms. The van der Waals surface area contributed by atoms with E-state index in [4.69, 9.17) is 5.02 Å². The molecule has 0 aromatic carbocycles. The number of fused-ring (bicyclic) bond motifs is 1. The van der Waals surface area contributed by atoms with Crippen LogP contribution in [-0.2, 0) is 4.79 Å². The second kappa shape index (κ2) is 8.79. The summed E-state index contributed by atoms with van der Waals surface area (Å²) in [5, 5.41) is 18.2. The van der Waals surface area contributed by atoms with Crippen LogP contribution in [0.25, 0.3) is 0 Å². The van der Waals surface area contributed by atoms with E-state index in [1.54, 1.807) is 0 Å². The van der Waals surface area contributed by atoms with Gasteiger partial charge in [0.25, 0.3) is 7.48 Å². The fraction of sp³-hybridized carbons (Fsp3) is 0.938. The van der Waals surface area contributed by atoms with Gasteiger partial charge in [-0.2, -0.15) is 0 Å². The van der Waals surface area contributed by atoms with E-state index in [0.29, 0.717) is 24.1 Å². The Morgan fingerprint density at radius 1 is 1.29 bits per heavy atom. The summed E-state index contributed by atoms with van der Waals surface area (Å²) in [7, 11) is 2.70. The van der Waals surface area contributed by atoms with Crippen LogP contribution in [0.1, 0.15) is 46.0 Å². The second-order valence-corrected chi connectivity index (χ2v) is 6.86. The van der Waals surface area contributed by atoms with E-state index in [1.807, 2.05) is 0 Å². The average molecular weight is 296 g/mol. The summed E-state index contributed by atoms with van der Waals surface area (Å²) >= 11 is 0. The number of rotatable bonds is 6. The van der Waals surface area contributed by atoms with E-state index in [0.717, 1.165) is 31.1 Å². The highest BCUT2D eigenvalue weighted by Gasteiger charge is 2.50.